The Morgan fingerprint density at radius 3 is 2.70 bits per heavy atom. The van der Waals surface area contributed by atoms with Crippen LogP contribution in [0.4, 0.5) is 4.39 Å². The van der Waals surface area contributed by atoms with E-state index in [-0.39, 0.29) is 17.6 Å². The molecule has 1 aromatic carbocycles. The molecule has 0 fully saturated rings. The molecule has 4 N–H and O–H groups in total. The maximum Gasteiger partial charge on any atom is 0.248 e. The topological polar surface area (TPSA) is 75.3 Å². The molecule has 0 aliphatic heterocycles. The predicted octanol–water partition coefficient (Wildman–Crippen LogP) is 1.81. The summed E-state index contributed by atoms with van der Waals surface area (Å²) in [6.07, 6.45) is 1.66. The third-order valence-corrected chi connectivity index (χ3v) is 3.27. The van der Waals surface area contributed by atoms with Crippen molar-refractivity contribution >= 4 is 5.91 Å². The fourth-order valence-corrected chi connectivity index (χ4v) is 2.03. The van der Waals surface area contributed by atoms with Crippen molar-refractivity contribution in [2.45, 2.75) is 33.2 Å². The summed E-state index contributed by atoms with van der Waals surface area (Å²) in [4.78, 5) is 10.9. The van der Waals surface area contributed by atoms with Gasteiger partial charge in [0.05, 0.1) is 0 Å². The number of nitrogens with two attached hydrogens (primary N) is 1. The molecule has 4 nitrogen and oxygen atoms in total. The van der Waals surface area contributed by atoms with Crippen LogP contribution in [0, 0.1) is 11.2 Å². The number of halogens is 1. The number of rotatable bonds is 8. The summed E-state index contributed by atoms with van der Waals surface area (Å²) in [6, 6.07) is 4.26. The predicted molar refractivity (Wildman–Crippen MR) is 76.7 cm³/mol. The second-order valence-corrected chi connectivity index (χ2v) is 5.77. The molecule has 1 amide bonds. The highest BCUT2D eigenvalue weighted by molar-refractivity contribution is 5.92. The number of benzene rings is 1. The minimum atomic E-state index is -0.631. The number of hydrogen-bond donors (Lipinski definition) is 3. The zero-order chi connectivity index (χ0) is 15.2. The summed E-state index contributed by atoms with van der Waals surface area (Å²) in [5, 5.41) is 12.0. The number of carbonyl (C=O) groups excluding carboxylic acids is 1. The molecule has 0 aliphatic carbocycles. The molecule has 0 saturated heterocycles. The molecule has 0 spiro atoms. The number of primary amides is 1. The van der Waals surface area contributed by atoms with E-state index in [2.05, 4.69) is 19.2 Å². The largest absolute Gasteiger partial charge is 0.396 e. The van der Waals surface area contributed by atoms with Crippen LogP contribution in [-0.2, 0) is 6.54 Å². The summed E-state index contributed by atoms with van der Waals surface area (Å²) in [6.45, 7) is 5.51. The zero-order valence-electron chi connectivity index (χ0n) is 12.1. The Balaban J connectivity index is 2.52. The molecule has 1 rings (SSSR count). The van der Waals surface area contributed by atoms with E-state index in [1.165, 1.54) is 6.07 Å². The second-order valence-electron chi connectivity index (χ2n) is 5.77. The van der Waals surface area contributed by atoms with Gasteiger partial charge in [-0.3, -0.25) is 4.79 Å². The first-order valence-electron chi connectivity index (χ1n) is 6.75. The van der Waals surface area contributed by atoms with Crippen molar-refractivity contribution < 1.29 is 14.3 Å². The Bertz CT molecular complexity index is 461. The quantitative estimate of drug-likeness (QED) is 0.680. The van der Waals surface area contributed by atoms with Crippen LogP contribution in [0.25, 0.3) is 0 Å². The fourth-order valence-electron chi connectivity index (χ4n) is 2.03. The maximum atomic E-state index is 13.8. The highest BCUT2D eigenvalue weighted by Gasteiger charge is 2.17. The molecule has 0 heterocycles. The van der Waals surface area contributed by atoms with Crippen molar-refractivity contribution in [2.75, 3.05) is 13.2 Å². The van der Waals surface area contributed by atoms with Crippen molar-refractivity contribution in [3.63, 3.8) is 0 Å². The van der Waals surface area contributed by atoms with E-state index in [4.69, 9.17) is 10.8 Å². The van der Waals surface area contributed by atoms with Gasteiger partial charge in [-0.15, -0.1) is 0 Å². The van der Waals surface area contributed by atoms with Gasteiger partial charge in [-0.2, -0.15) is 0 Å². The van der Waals surface area contributed by atoms with E-state index in [9.17, 15) is 9.18 Å². The highest BCUT2D eigenvalue weighted by Crippen LogP contribution is 2.21. The van der Waals surface area contributed by atoms with E-state index in [1.807, 2.05) is 0 Å². The number of hydrogen-bond acceptors (Lipinski definition) is 3. The molecule has 0 saturated carbocycles. The summed E-state index contributed by atoms with van der Waals surface area (Å²) in [5.74, 6) is -1.06. The van der Waals surface area contributed by atoms with Crippen LogP contribution in [0.15, 0.2) is 18.2 Å². The van der Waals surface area contributed by atoms with Gasteiger partial charge in [0.15, 0.2) is 0 Å². The Morgan fingerprint density at radius 1 is 1.45 bits per heavy atom. The van der Waals surface area contributed by atoms with Gasteiger partial charge < -0.3 is 16.2 Å². The molecule has 0 aliphatic rings. The highest BCUT2D eigenvalue weighted by atomic mass is 19.1. The molecule has 0 bridgehead atoms. The number of nitrogens with one attached hydrogen (secondary N) is 1. The lowest BCUT2D eigenvalue weighted by Crippen LogP contribution is -2.29. The first kappa shape index (κ1) is 16.6. The molecule has 112 valence electrons. The average Bonchev–Trinajstić information content (AvgIpc) is 2.38. The third kappa shape index (κ3) is 5.27. The molecule has 0 atom stereocenters. The van der Waals surface area contributed by atoms with E-state index in [0.29, 0.717) is 12.1 Å². The smallest absolute Gasteiger partial charge is 0.248 e. The van der Waals surface area contributed by atoms with E-state index < -0.39 is 11.7 Å². The average molecular weight is 282 g/mol. The lowest BCUT2D eigenvalue weighted by atomic mass is 9.88. The van der Waals surface area contributed by atoms with Crippen molar-refractivity contribution in [2.24, 2.45) is 11.1 Å². The zero-order valence-corrected chi connectivity index (χ0v) is 12.1. The van der Waals surface area contributed by atoms with Crippen molar-refractivity contribution in [3.05, 3.63) is 35.1 Å². The van der Waals surface area contributed by atoms with Gasteiger partial charge in [-0.05, 0) is 30.4 Å². The summed E-state index contributed by atoms with van der Waals surface area (Å²) in [7, 11) is 0. The van der Waals surface area contributed by atoms with Crippen molar-refractivity contribution in [1.29, 1.82) is 0 Å². The Morgan fingerprint density at radius 2 is 2.15 bits per heavy atom. The first-order chi connectivity index (χ1) is 9.35. The number of aliphatic hydroxyl groups is 1. The Labute approximate surface area is 119 Å². The van der Waals surface area contributed by atoms with Gasteiger partial charge in [0, 0.05) is 30.8 Å². The lowest BCUT2D eigenvalue weighted by molar-refractivity contribution is 0.1000. The third-order valence-electron chi connectivity index (χ3n) is 3.27. The van der Waals surface area contributed by atoms with Gasteiger partial charge in [-0.1, -0.05) is 19.9 Å². The number of carbonyl (C=O) groups is 1. The van der Waals surface area contributed by atoms with E-state index >= 15 is 0 Å². The van der Waals surface area contributed by atoms with Crippen LogP contribution in [0.3, 0.4) is 0 Å². The fraction of sp³-hybridized carbons (Fsp3) is 0.533. The Kier molecular flexibility index (Phi) is 6.10. The molecule has 20 heavy (non-hydrogen) atoms. The van der Waals surface area contributed by atoms with E-state index in [0.717, 1.165) is 25.5 Å². The number of amides is 1. The van der Waals surface area contributed by atoms with Crippen LogP contribution < -0.4 is 11.1 Å². The molecule has 0 unspecified atom stereocenters. The molecule has 5 heteroatoms. The van der Waals surface area contributed by atoms with Crippen LogP contribution in [0.1, 0.15) is 42.6 Å². The standard InChI is InChI=1S/C15H23FN2O2/c1-15(2,6-3-7-19)10-18-9-12-5-4-11(14(17)20)8-13(12)16/h4-5,8,18-19H,3,6-7,9-10H2,1-2H3,(H2,17,20). The molecular formula is C15H23FN2O2. The minimum absolute atomic E-state index is 0.0480. The van der Waals surface area contributed by atoms with Crippen molar-refractivity contribution in [3.8, 4) is 0 Å². The van der Waals surface area contributed by atoms with E-state index in [1.54, 1.807) is 6.07 Å². The lowest BCUT2D eigenvalue weighted by Gasteiger charge is -2.24. The molecule has 0 radical (unpaired) electrons. The minimum Gasteiger partial charge on any atom is -0.396 e. The maximum absolute atomic E-state index is 13.8. The van der Waals surface area contributed by atoms with Crippen LogP contribution >= 0.6 is 0 Å². The van der Waals surface area contributed by atoms with Crippen LogP contribution in [0.5, 0.6) is 0 Å². The monoisotopic (exact) mass is 282 g/mol. The summed E-state index contributed by atoms with van der Waals surface area (Å²) in [5.41, 5.74) is 5.83. The van der Waals surface area contributed by atoms with Gasteiger partial charge in [0.1, 0.15) is 5.82 Å². The van der Waals surface area contributed by atoms with Crippen LogP contribution in [0.2, 0.25) is 0 Å². The van der Waals surface area contributed by atoms with Gasteiger partial charge >= 0.3 is 0 Å². The molecular weight excluding hydrogens is 259 g/mol. The summed E-state index contributed by atoms with van der Waals surface area (Å²) < 4.78 is 13.8. The normalized spacial score (nSPS) is 11.6. The van der Waals surface area contributed by atoms with Crippen LogP contribution in [-0.4, -0.2) is 24.2 Å². The summed E-state index contributed by atoms with van der Waals surface area (Å²) >= 11 is 0. The first-order valence-corrected chi connectivity index (χ1v) is 6.75. The van der Waals surface area contributed by atoms with Gasteiger partial charge in [0.2, 0.25) is 5.91 Å². The van der Waals surface area contributed by atoms with Gasteiger partial charge in [-0.25, -0.2) is 4.39 Å². The molecule has 1 aromatic rings. The SMILES string of the molecule is CC(C)(CCCO)CNCc1ccc(C(N)=O)cc1F. The number of aliphatic hydroxyl groups excluding tert-OH is 1. The van der Waals surface area contributed by atoms with Gasteiger partial charge in [0.25, 0.3) is 0 Å². The second kappa shape index (κ2) is 7.36. The van der Waals surface area contributed by atoms with Crippen molar-refractivity contribution in [1.82, 2.24) is 5.32 Å². The Hall–Kier alpha value is -1.46. The molecule has 0 aromatic heterocycles.